The molecule has 0 radical (unpaired) electrons. The second kappa shape index (κ2) is 9.04. The van der Waals surface area contributed by atoms with Crippen molar-refractivity contribution in [2.75, 3.05) is 13.1 Å². The highest BCUT2D eigenvalue weighted by molar-refractivity contribution is 7.96. The maximum absolute atomic E-state index is 11.9. The number of nitrogens with zero attached hydrogens (tertiary/aromatic N) is 2. The first-order valence-electron chi connectivity index (χ1n) is 8.66. The molecule has 24 heavy (non-hydrogen) atoms. The number of rotatable bonds is 8. The lowest BCUT2D eigenvalue weighted by Crippen LogP contribution is -2.28. The Hall–Kier alpha value is -1.59. The molecule has 1 aliphatic rings. The molecule has 0 amide bonds. The molecule has 0 unspecified atom stereocenters. The van der Waals surface area contributed by atoms with Gasteiger partial charge < -0.3 is 4.42 Å². The zero-order chi connectivity index (χ0) is 16.6. The molecule has 128 valence electrons. The van der Waals surface area contributed by atoms with E-state index < -0.39 is 0 Å². The highest BCUT2D eigenvalue weighted by Gasteiger charge is 2.20. The number of hydrogen-bond acceptors (Lipinski definition) is 5. The van der Waals surface area contributed by atoms with Crippen LogP contribution in [0, 0.1) is 5.92 Å². The SMILES string of the molecule is O=C(CCCC1CCN(SCc2ccccc2)CC1)c1ncco1. The summed E-state index contributed by atoms with van der Waals surface area (Å²) in [6.45, 7) is 2.30. The number of Topliss-reactive ketones (excluding diaryl/α,β-unsaturated/α-hetero) is 1. The van der Waals surface area contributed by atoms with Crippen LogP contribution in [0.25, 0.3) is 0 Å². The van der Waals surface area contributed by atoms with Crippen molar-refractivity contribution >= 4 is 17.7 Å². The van der Waals surface area contributed by atoms with Crippen molar-refractivity contribution in [3.05, 3.63) is 54.2 Å². The molecule has 0 bridgehead atoms. The van der Waals surface area contributed by atoms with Gasteiger partial charge in [0.05, 0.1) is 6.20 Å². The predicted octanol–water partition coefficient (Wildman–Crippen LogP) is 4.59. The summed E-state index contributed by atoms with van der Waals surface area (Å²) in [6, 6.07) is 10.6. The fourth-order valence-corrected chi connectivity index (χ4v) is 4.08. The topological polar surface area (TPSA) is 46.3 Å². The Bertz CT molecular complexity index is 608. The molecular weight excluding hydrogens is 320 g/mol. The Morgan fingerprint density at radius 3 is 2.75 bits per heavy atom. The third-order valence-electron chi connectivity index (χ3n) is 4.52. The quantitative estimate of drug-likeness (QED) is 0.518. The van der Waals surface area contributed by atoms with Crippen molar-refractivity contribution in [2.45, 2.75) is 37.9 Å². The summed E-state index contributed by atoms with van der Waals surface area (Å²) in [5.74, 6) is 2.07. The lowest BCUT2D eigenvalue weighted by molar-refractivity contribution is 0.0942. The summed E-state index contributed by atoms with van der Waals surface area (Å²) < 4.78 is 7.53. The van der Waals surface area contributed by atoms with Crippen LogP contribution >= 0.6 is 11.9 Å². The number of oxazole rings is 1. The molecule has 1 aliphatic heterocycles. The normalized spacial score (nSPS) is 16.3. The molecule has 0 N–H and O–H groups in total. The molecule has 1 fully saturated rings. The van der Waals surface area contributed by atoms with Gasteiger partial charge in [-0.1, -0.05) is 42.3 Å². The number of hydrogen-bond donors (Lipinski definition) is 0. The Morgan fingerprint density at radius 1 is 1.25 bits per heavy atom. The molecule has 3 rings (SSSR count). The van der Waals surface area contributed by atoms with Gasteiger partial charge in [-0.25, -0.2) is 4.98 Å². The van der Waals surface area contributed by atoms with Gasteiger partial charge >= 0.3 is 0 Å². The first-order chi connectivity index (χ1) is 11.8. The second-order valence-corrected chi connectivity index (χ2v) is 7.35. The molecule has 4 nitrogen and oxygen atoms in total. The van der Waals surface area contributed by atoms with E-state index in [0.717, 1.165) is 37.6 Å². The van der Waals surface area contributed by atoms with E-state index in [-0.39, 0.29) is 11.7 Å². The van der Waals surface area contributed by atoms with Crippen molar-refractivity contribution in [3.8, 4) is 0 Å². The molecule has 2 heterocycles. The van der Waals surface area contributed by atoms with Crippen LogP contribution < -0.4 is 0 Å². The van der Waals surface area contributed by atoms with Gasteiger partial charge in [-0.05, 0) is 37.2 Å². The van der Waals surface area contributed by atoms with Crippen LogP contribution in [0.15, 0.2) is 47.2 Å². The summed E-state index contributed by atoms with van der Waals surface area (Å²) in [7, 11) is 0. The van der Waals surface area contributed by atoms with E-state index in [1.807, 2.05) is 11.9 Å². The van der Waals surface area contributed by atoms with E-state index in [1.54, 1.807) is 0 Å². The molecular formula is C19H24N2O2S. The van der Waals surface area contributed by atoms with Gasteiger partial charge in [-0.3, -0.25) is 9.10 Å². The number of ketones is 1. The van der Waals surface area contributed by atoms with E-state index in [4.69, 9.17) is 4.42 Å². The van der Waals surface area contributed by atoms with Crippen LogP contribution in [0.2, 0.25) is 0 Å². The lowest BCUT2D eigenvalue weighted by Gasteiger charge is -2.31. The Balaban J connectivity index is 1.30. The third kappa shape index (κ3) is 5.21. The van der Waals surface area contributed by atoms with Gasteiger partial charge in [-0.15, -0.1) is 0 Å². The van der Waals surface area contributed by atoms with E-state index in [2.05, 4.69) is 39.6 Å². The van der Waals surface area contributed by atoms with Crippen molar-refractivity contribution < 1.29 is 9.21 Å². The smallest absolute Gasteiger partial charge is 0.263 e. The Labute approximate surface area is 147 Å². The second-order valence-electron chi connectivity index (χ2n) is 6.28. The van der Waals surface area contributed by atoms with Gasteiger partial charge in [0.2, 0.25) is 5.78 Å². The number of piperidine rings is 1. The third-order valence-corrected chi connectivity index (χ3v) is 5.71. The van der Waals surface area contributed by atoms with Gasteiger partial charge in [0.15, 0.2) is 0 Å². The van der Waals surface area contributed by atoms with Gasteiger partial charge in [0.1, 0.15) is 6.26 Å². The highest BCUT2D eigenvalue weighted by atomic mass is 32.2. The molecule has 1 saturated heterocycles. The maximum Gasteiger partial charge on any atom is 0.263 e. The molecule has 0 atom stereocenters. The first-order valence-corrected chi connectivity index (χ1v) is 9.60. The first kappa shape index (κ1) is 17.2. The van der Waals surface area contributed by atoms with E-state index in [1.165, 1.54) is 30.9 Å². The Kier molecular flexibility index (Phi) is 6.49. The number of carbonyl (C=O) groups excluding carboxylic acids is 1. The molecule has 0 saturated carbocycles. The van der Waals surface area contributed by atoms with E-state index >= 15 is 0 Å². The fourth-order valence-electron chi connectivity index (χ4n) is 3.09. The average molecular weight is 344 g/mol. The van der Waals surface area contributed by atoms with Gasteiger partial charge in [-0.2, -0.15) is 0 Å². The minimum Gasteiger partial charge on any atom is -0.442 e. The summed E-state index contributed by atoms with van der Waals surface area (Å²) in [5, 5.41) is 0. The van der Waals surface area contributed by atoms with Crippen LogP contribution in [0.1, 0.15) is 48.4 Å². The number of carbonyl (C=O) groups is 1. The maximum atomic E-state index is 11.9. The molecule has 0 spiro atoms. The predicted molar refractivity (Wildman–Crippen MR) is 96.7 cm³/mol. The van der Waals surface area contributed by atoms with Gasteiger partial charge in [0.25, 0.3) is 5.89 Å². The van der Waals surface area contributed by atoms with Crippen LogP contribution in [-0.2, 0) is 5.75 Å². The molecule has 0 aliphatic carbocycles. The highest BCUT2D eigenvalue weighted by Crippen LogP contribution is 2.28. The fraction of sp³-hybridized carbons (Fsp3) is 0.474. The van der Waals surface area contributed by atoms with Crippen LogP contribution in [0.4, 0.5) is 0 Å². The average Bonchev–Trinajstić information content (AvgIpc) is 3.17. The molecule has 5 heteroatoms. The minimum atomic E-state index is 0.0239. The zero-order valence-electron chi connectivity index (χ0n) is 13.9. The summed E-state index contributed by atoms with van der Waals surface area (Å²) >= 11 is 1.94. The Morgan fingerprint density at radius 2 is 2.04 bits per heavy atom. The van der Waals surface area contributed by atoms with Crippen molar-refractivity contribution in [2.24, 2.45) is 5.92 Å². The molecule has 2 aromatic rings. The summed E-state index contributed by atoms with van der Waals surface area (Å²) in [6.07, 6.45) is 8.05. The summed E-state index contributed by atoms with van der Waals surface area (Å²) in [5.41, 5.74) is 1.38. The monoisotopic (exact) mass is 344 g/mol. The van der Waals surface area contributed by atoms with Gasteiger partial charge in [0, 0.05) is 25.3 Å². The number of aromatic nitrogens is 1. The zero-order valence-corrected chi connectivity index (χ0v) is 14.7. The lowest BCUT2D eigenvalue weighted by atomic mass is 9.92. The molecule has 1 aromatic carbocycles. The van der Waals surface area contributed by atoms with E-state index in [0.29, 0.717) is 6.42 Å². The largest absolute Gasteiger partial charge is 0.442 e. The van der Waals surface area contributed by atoms with Crippen molar-refractivity contribution in [1.82, 2.24) is 9.29 Å². The standard InChI is InChI=1S/C19H24N2O2S/c22-18(19-20-11-14-23-19)8-4-7-16-9-12-21(13-10-16)24-15-17-5-2-1-3-6-17/h1-3,5-6,11,14,16H,4,7-10,12-13,15H2. The van der Waals surface area contributed by atoms with Crippen LogP contribution in [0.5, 0.6) is 0 Å². The molecule has 1 aromatic heterocycles. The van der Waals surface area contributed by atoms with E-state index in [9.17, 15) is 4.79 Å². The van der Waals surface area contributed by atoms with Crippen molar-refractivity contribution in [1.29, 1.82) is 0 Å². The van der Waals surface area contributed by atoms with Crippen LogP contribution in [0.3, 0.4) is 0 Å². The van der Waals surface area contributed by atoms with Crippen LogP contribution in [-0.4, -0.2) is 28.2 Å². The summed E-state index contributed by atoms with van der Waals surface area (Å²) in [4.78, 5) is 15.8. The van der Waals surface area contributed by atoms with Crippen molar-refractivity contribution in [3.63, 3.8) is 0 Å². The number of benzene rings is 1. The minimum absolute atomic E-state index is 0.0239.